The van der Waals surface area contributed by atoms with E-state index in [1.165, 1.54) is 0 Å². The zero-order valence-corrected chi connectivity index (χ0v) is 16.0. The van der Waals surface area contributed by atoms with E-state index in [-0.39, 0.29) is 17.6 Å². The number of imide groups is 1. The van der Waals surface area contributed by atoms with Crippen molar-refractivity contribution in [1.82, 2.24) is 5.32 Å². The number of aliphatic carboxylic acids is 1. The van der Waals surface area contributed by atoms with Crippen LogP contribution in [0, 0.1) is 6.92 Å². The van der Waals surface area contributed by atoms with Crippen LogP contribution in [0.3, 0.4) is 0 Å². The first-order valence-corrected chi connectivity index (χ1v) is 9.56. The molecular formula is C20H20N2O5S. The van der Waals surface area contributed by atoms with Crippen LogP contribution in [0.25, 0.3) is 0 Å². The monoisotopic (exact) mass is 400 g/mol. The number of aryl methyl sites for hydroxylation is 1. The molecule has 2 amide bonds. The van der Waals surface area contributed by atoms with E-state index in [0.29, 0.717) is 17.9 Å². The van der Waals surface area contributed by atoms with Crippen LogP contribution >= 0.6 is 11.8 Å². The molecule has 2 aromatic rings. The number of amides is 2. The molecule has 4 N–H and O–H groups in total. The number of thioether (sulfide) groups is 1. The summed E-state index contributed by atoms with van der Waals surface area (Å²) < 4.78 is 5.89. The van der Waals surface area contributed by atoms with Crippen molar-refractivity contribution in [2.24, 2.45) is 5.73 Å². The molecular weight excluding hydrogens is 380 g/mol. The first-order valence-electron chi connectivity index (χ1n) is 8.68. The number of rotatable bonds is 7. The molecule has 0 aromatic heterocycles. The molecule has 0 saturated carbocycles. The summed E-state index contributed by atoms with van der Waals surface area (Å²) in [5, 5.41) is 10.5. The summed E-state index contributed by atoms with van der Waals surface area (Å²) in [6.07, 6.45) is 0.723. The number of hydrogen-bond acceptors (Lipinski definition) is 6. The van der Waals surface area contributed by atoms with Crippen molar-refractivity contribution in [3.05, 3.63) is 59.2 Å². The average Bonchev–Trinajstić information content (AvgIpc) is 2.96. The van der Waals surface area contributed by atoms with E-state index in [4.69, 9.17) is 15.6 Å². The lowest BCUT2D eigenvalue weighted by Gasteiger charge is -2.12. The molecule has 0 spiro atoms. The molecule has 28 heavy (non-hydrogen) atoms. The number of ether oxygens (including phenoxy) is 1. The Balaban J connectivity index is 1.64. The Labute approximate surface area is 166 Å². The summed E-state index contributed by atoms with van der Waals surface area (Å²) in [4.78, 5) is 33.8. The van der Waals surface area contributed by atoms with Crippen LogP contribution in [0.5, 0.6) is 11.5 Å². The zero-order chi connectivity index (χ0) is 20.3. The molecule has 2 aromatic carbocycles. The molecule has 0 radical (unpaired) electrons. The highest BCUT2D eigenvalue weighted by Gasteiger charge is 2.31. The van der Waals surface area contributed by atoms with Crippen LogP contribution in [-0.2, 0) is 22.4 Å². The maximum Gasteiger partial charge on any atom is 0.320 e. The SMILES string of the molecule is Cc1cc(CC2SC(=O)NC2=O)ccc1Oc1ccc(CC(N)C(=O)O)cc1. The van der Waals surface area contributed by atoms with E-state index in [9.17, 15) is 14.4 Å². The summed E-state index contributed by atoms with van der Waals surface area (Å²) in [6, 6.07) is 11.8. The molecule has 2 unspecified atom stereocenters. The van der Waals surface area contributed by atoms with E-state index >= 15 is 0 Å². The number of carboxylic acid groups (broad SMARTS) is 1. The van der Waals surface area contributed by atoms with Gasteiger partial charge in [0.1, 0.15) is 17.5 Å². The van der Waals surface area contributed by atoms with Gasteiger partial charge in [-0.05, 0) is 54.7 Å². The Bertz CT molecular complexity index is 913. The van der Waals surface area contributed by atoms with Crippen LogP contribution < -0.4 is 15.8 Å². The minimum atomic E-state index is -1.03. The Kier molecular flexibility index (Phi) is 6.01. The Morgan fingerprint density at radius 3 is 2.46 bits per heavy atom. The topological polar surface area (TPSA) is 119 Å². The Hall–Kier alpha value is -2.84. The van der Waals surface area contributed by atoms with Gasteiger partial charge in [0.2, 0.25) is 5.91 Å². The number of nitrogens with one attached hydrogen (secondary N) is 1. The summed E-state index contributed by atoms with van der Waals surface area (Å²) in [6.45, 7) is 1.91. The molecule has 1 aliphatic heterocycles. The number of hydrogen-bond donors (Lipinski definition) is 3. The Morgan fingerprint density at radius 1 is 1.21 bits per heavy atom. The van der Waals surface area contributed by atoms with Gasteiger partial charge in [-0.1, -0.05) is 36.0 Å². The largest absolute Gasteiger partial charge is 0.480 e. The lowest BCUT2D eigenvalue weighted by molar-refractivity contribution is -0.138. The second-order valence-electron chi connectivity index (χ2n) is 6.58. The maximum atomic E-state index is 11.7. The van der Waals surface area contributed by atoms with Gasteiger partial charge < -0.3 is 15.6 Å². The summed E-state index contributed by atoms with van der Waals surface area (Å²) in [5.74, 6) is 0.0164. The molecule has 7 nitrogen and oxygen atoms in total. The van der Waals surface area contributed by atoms with Crippen molar-refractivity contribution in [1.29, 1.82) is 0 Å². The number of benzene rings is 2. The van der Waals surface area contributed by atoms with Gasteiger partial charge in [-0.25, -0.2) is 0 Å². The van der Waals surface area contributed by atoms with Crippen LogP contribution in [-0.4, -0.2) is 33.5 Å². The van der Waals surface area contributed by atoms with Crippen molar-refractivity contribution in [2.45, 2.75) is 31.1 Å². The molecule has 1 heterocycles. The smallest absolute Gasteiger partial charge is 0.320 e. The quantitative estimate of drug-likeness (QED) is 0.654. The van der Waals surface area contributed by atoms with E-state index < -0.39 is 17.3 Å². The third-order valence-corrected chi connectivity index (χ3v) is 5.33. The fourth-order valence-electron chi connectivity index (χ4n) is 2.86. The first kappa shape index (κ1) is 19.9. The van der Waals surface area contributed by atoms with Crippen LogP contribution in [0.15, 0.2) is 42.5 Å². The highest BCUT2D eigenvalue weighted by Crippen LogP contribution is 2.28. The van der Waals surface area contributed by atoms with E-state index in [0.717, 1.165) is 28.5 Å². The van der Waals surface area contributed by atoms with Crippen molar-refractivity contribution < 1.29 is 24.2 Å². The van der Waals surface area contributed by atoms with Gasteiger partial charge in [0.15, 0.2) is 0 Å². The van der Waals surface area contributed by atoms with Crippen molar-refractivity contribution >= 4 is 28.9 Å². The standard InChI is InChI=1S/C20H20N2O5S/c1-11-8-13(10-17-18(23)22-20(26)28-17)4-7-16(11)27-14-5-2-12(3-6-14)9-15(21)19(24)25/h2-8,15,17H,9-10,21H2,1H3,(H,24,25)(H,22,23,26). The average molecular weight is 400 g/mol. The van der Waals surface area contributed by atoms with Gasteiger partial charge in [-0.3, -0.25) is 19.7 Å². The lowest BCUT2D eigenvalue weighted by atomic mass is 10.1. The molecule has 1 aliphatic rings. The van der Waals surface area contributed by atoms with Crippen LogP contribution in [0.4, 0.5) is 4.79 Å². The fourth-order valence-corrected chi connectivity index (χ4v) is 3.72. The van der Waals surface area contributed by atoms with Gasteiger partial charge in [-0.15, -0.1) is 0 Å². The van der Waals surface area contributed by atoms with Gasteiger partial charge in [-0.2, -0.15) is 0 Å². The van der Waals surface area contributed by atoms with Crippen LogP contribution in [0.1, 0.15) is 16.7 Å². The maximum absolute atomic E-state index is 11.7. The van der Waals surface area contributed by atoms with Gasteiger partial charge in [0.05, 0.1) is 5.25 Å². The van der Waals surface area contributed by atoms with Crippen LogP contribution in [0.2, 0.25) is 0 Å². The molecule has 3 rings (SSSR count). The lowest BCUT2D eigenvalue weighted by Crippen LogP contribution is -2.32. The summed E-state index contributed by atoms with van der Waals surface area (Å²) >= 11 is 1.01. The van der Waals surface area contributed by atoms with E-state index in [2.05, 4.69) is 5.32 Å². The minimum absolute atomic E-state index is 0.249. The fraction of sp³-hybridized carbons (Fsp3) is 0.250. The predicted molar refractivity (Wildman–Crippen MR) is 106 cm³/mol. The third kappa shape index (κ3) is 4.90. The van der Waals surface area contributed by atoms with Gasteiger partial charge in [0, 0.05) is 0 Å². The highest BCUT2D eigenvalue weighted by atomic mass is 32.2. The third-order valence-electron chi connectivity index (χ3n) is 4.35. The number of carboxylic acids is 1. The van der Waals surface area contributed by atoms with E-state index in [1.807, 2.05) is 25.1 Å². The van der Waals surface area contributed by atoms with Crippen molar-refractivity contribution in [3.63, 3.8) is 0 Å². The van der Waals surface area contributed by atoms with E-state index in [1.54, 1.807) is 24.3 Å². The molecule has 1 saturated heterocycles. The molecule has 8 heteroatoms. The molecule has 0 bridgehead atoms. The van der Waals surface area contributed by atoms with Gasteiger partial charge >= 0.3 is 5.97 Å². The van der Waals surface area contributed by atoms with Gasteiger partial charge in [0.25, 0.3) is 5.24 Å². The normalized spacial score (nSPS) is 17.3. The molecule has 2 atom stereocenters. The second-order valence-corrected chi connectivity index (χ2v) is 7.76. The first-order chi connectivity index (χ1) is 13.3. The molecule has 146 valence electrons. The number of carbonyl (C=O) groups excluding carboxylic acids is 2. The number of carbonyl (C=O) groups is 3. The minimum Gasteiger partial charge on any atom is -0.480 e. The predicted octanol–water partition coefficient (Wildman–Crippen LogP) is 2.64. The molecule has 0 aliphatic carbocycles. The Morgan fingerprint density at radius 2 is 1.89 bits per heavy atom. The highest BCUT2D eigenvalue weighted by molar-refractivity contribution is 8.15. The number of nitrogens with two attached hydrogens (primary N) is 1. The molecule has 1 fully saturated rings. The van der Waals surface area contributed by atoms with Crippen molar-refractivity contribution in [2.75, 3.05) is 0 Å². The zero-order valence-electron chi connectivity index (χ0n) is 15.2. The summed E-state index contributed by atoms with van der Waals surface area (Å²) in [7, 11) is 0. The second kappa shape index (κ2) is 8.45. The summed E-state index contributed by atoms with van der Waals surface area (Å²) in [5.41, 5.74) is 8.21. The van der Waals surface area contributed by atoms with Crippen molar-refractivity contribution in [3.8, 4) is 11.5 Å².